The molecule has 0 spiro atoms. The number of hydrogen-bond acceptors (Lipinski definition) is 2. The highest BCUT2D eigenvalue weighted by molar-refractivity contribution is 14.1. The molecule has 2 aromatic carbocycles. The lowest BCUT2D eigenvalue weighted by atomic mass is 10.0. The van der Waals surface area contributed by atoms with Crippen molar-refractivity contribution < 1.29 is 4.79 Å². The van der Waals surface area contributed by atoms with Crippen LogP contribution in [0.1, 0.15) is 15.9 Å². The first-order valence-electron chi connectivity index (χ1n) is 5.15. The van der Waals surface area contributed by atoms with E-state index in [2.05, 4.69) is 22.6 Å². The summed E-state index contributed by atoms with van der Waals surface area (Å²) in [5.74, 6) is 0.0778. The van der Waals surface area contributed by atoms with Gasteiger partial charge in [0.05, 0.1) is 0 Å². The first-order valence-corrected chi connectivity index (χ1v) is 7.45. The molecule has 0 unspecified atom stereocenters. The SMILES string of the molecule is CSc1ccc(C(=O)c2ccc(I)cc2)cc1. The zero-order chi connectivity index (χ0) is 12.3. The molecule has 3 heteroatoms. The standard InChI is InChI=1S/C14H11IOS/c1-17-13-8-4-11(5-9-13)14(16)10-2-6-12(15)7-3-10/h2-9H,1H3. The van der Waals surface area contributed by atoms with E-state index in [4.69, 9.17) is 0 Å². The molecular formula is C14H11IOS. The molecule has 0 atom stereocenters. The van der Waals surface area contributed by atoms with Crippen LogP contribution in [0.2, 0.25) is 0 Å². The Kier molecular flexibility index (Phi) is 4.23. The lowest BCUT2D eigenvalue weighted by Crippen LogP contribution is -2.00. The van der Waals surface area contributed by atoms with Gasteiger partial charge in [-0.1, -0.05) is 0 Å². The fourth-order valence-corrected chi connectivity index (χ4v) is 2.28. The first-order chi connectivity index (χ1) is 8.20. The number of benzene rings is 2. The van der Waals surface area contributed by atoms with Crippen molar-refractivity contribution in [3.05, 3.63) is 63.2 Å². The number of rotatable bonds is 3. The fraction of sp³-hybridized carbons (Fsp3) is 0.0714. The minimum absolute atomic E-state index is 0.0778. The molecule has 0 fully saturated rings. The summed E-state index contributed by atoms with van der Waals surface area (Å²) in [7, 11) is 0. The molecule has 0 aliphatic heterocycles. The van der Waals surface area contributed by atoms with Gasteiger partial charge < -0.3 is 0 Å². The van der Waals surface area contributed by atoms with Crippen molar-refractivity contribution in [3.63, 3.8) is 0 Å². The molecule has 0 saturated carbocycles. The van der Waals surface area contributed by atoms with E-state index in [1.807, 2.05) is 54.8 Å². The van der Waals surface area contributed by atoms with Crippen molar-refractivity contribution in [2.75, 3.05) is 6.26 Å². The molecular weight excluding hydrogens is 343 g/mol. The Morgan fingerprint density at radius 1 is 0.941 bits per heavy atom. The van der Waals surface area contributed by atoms with E-state index in [1.165, 1.54) is 4.90 Å². The van der Waals surface area contributed by atoms with Crippen LogP contribution in [-0.2, 0) is 0 Å². The van der Waals surface area contributed by atoms with E-state index < -0.39 is 0 Å². The molecule has 86 valence electrons. The van der Waals surface area contributed by atoms with Gasteiger partial charge >= 0.3 is 0 Å². The summed E-state index contributed by atoms with van der Waals surface area (Å²) in [6, 6.07) is 15.3. The molecule has 0 bridgehead atoms. The molecule has 0 radical (unpaired) electrons. The number of carbonyl (C=O) groups excluding carboxylic acids is 1. The summed E-state index contributed by atoms with van der Waals surface area (Å²) < 4.78 is 1.14. The van der Waals surface area contributed by atoms with Crippen LogP contribution >= 0.6 is 34.4 Å². The average Bonchev–Trinajstić information content (AvgIpc) is 2.39. The molecule has 2 aromatic rings. The Morgan fingerprint density at radius 3 is 1.88 bits per heavy atom. The van der Waals surface area contributed by atoms with Crippen molar-refractivity contribution >= 4 is 40.1 Å². The highest BCUT2D eigenvalue weighted by Gasteiger charge is 2.08. The highest BCUT2D eigenvalue weighted by Crippen LogP contribution is 2.17. The lowest BCUT2D eigenvalue weighted by molar-refractivity contribution is 0.103. The lowest BCUT2D eigenvalue weighted by Gasteiger charge is -2.02. The summed E-state index contributed by atoms with van der Waals surface area (Å²) in [6.45, 7) is 0. The summed E-state index contributed by atoms with van der Waals surface area (Å²) >= 11 is 3.90. The van der Waals surface area contributed by atoms with Gasteiger partial charge in [0.1, 0.15) is 0 Å². The Hall–Kier alpha value is -0.810. The third-order valence-corrected chi connectivity index (χ3v) is 3.92. The Balaban J connectivity index is 2.27. The van der Waals surface area contributed by atoms with Crippen LogP contribution < -0.4 is 0 Å². The van der Waals surface area contributed by atoms with Crippen LogP contribution in [0.15, 0.2) is 53.4 Å². The van der Waals surface area contributed by atoms with Gasteiger partial charge in [0, 0.05) is 19.6 Å². The number of hydrogen-bond donors (Lipinski definition) is 0. The van der Waals surface area contributed by atoms with Gasteiger partial charge in [-0.25, -0.2) is 0 Å². The van der Waals surface area contributed by atoms with E-state index in [9.17, 15) is 4.79 Å². The zero-order valence-electron chi connectivity index (χ0n) is 9.31. The summed E-state index contributed by atoms with van der Waals surface area (Å²) in [4.78, 5) is 13.3. The minimum atomic E-state index is 0.0778. The first kappa shape index (κ1) is 12.6. The Morgan fingerprint density at radius 2 is 1.41 bits per heavy atom. The predicted molar refractivity (Wildman–Crippen MR) is 80.8 cm³/mol. The molecule has 2 rings (SSSR count). The average molecular weight is 354 g/mol. The van der Waals surface area contributed by atoms with Crippen LogP contribution in [-0.4, -0.2) is 12.0 Å². The Labute approximate surface area is 119 Å². The molecule has 0 amide bonds. The van der Waals surface area contributed by atoms with Crippen molar-refractivity contribution in [1.29, 1.82) is 0 Å². The predicted octanol–water partition coefficient (Wildman–Crippen LogP) is 4.24. The van der Waals surface area contributed by atoms with Gasteiger partial charge in [0.15, 0.2) is 5.78 Å². The van der Waals surface area contributed by atoms with E-state index in [1.54, 1.807) is 11.8 Å². The maximum Gasteiger partial charge on any atom is 0.193 e. The zero-order valence-corrected chi connectivity index (χ0v) is 12.3. The quantitative estimate of drug-likeness (QED) is 0.466. The second-order valence-corrected chi connectivity index (χ2v) is 5.69. The molecule has 0 saturated heterocycles. The van der Waals surface area contributed by atoms with Gasteiger partial charge in [-0.3, -0.25) is 4.79 Å². The minimum Gasteiger partial charge on any atom is -0.289 e. The topological polar surface area (TPSA) is 17.1 Å². The van der Waals surface area contributed by atoms with Crippen molar-refractivity contribution in [2.24, 2.45) is 0 Å². The van der Waals surface area contributed by atoms with Crippen molar-refractivity contribution in [3.8, 4) is 0 Å². The van der Waals surface area contributed by atoms with E-state index in [-0.39, 0.29) is 5.78 Å². The van der Waals surface area contributed by atoms with E-state index in [0.29, 0.717) is 0 Å². The summed E-state index contributed by atoms with van der Waals surface area (Å²) in [5, 5.41) is 0. The van der Waals surface area contributed by atoms with Crippen LogP contribution in [0.4, 0.5) is 0 Å². The van der Waals surface area contributed by atoms with Crippen molar-refractivity contribution in [2.45, 2.75) is 4.90 Å². The van der Waals surface area contributed by atoms with Gasteiger partial charge in [0.25, 0.3) is 0 Å². The summed E-state index contributed by atoms with van der Waals surface area (Å²) in [6.07, 6.45) is 2.02. The van der Waals surface area contributed by atoms with E-state index in [0.717, 1.165) is 14.7 Å². The number of thioether (sulfide) groups is 1. The Bertz CT molecular complexity index is 517. The van der Waals surface area contributed by atoms with E-state index >= 15 is 0 Å². The van der Waals surface area contributed by atoms with Crippen molar-refractivity contribution in [1.82, 2.24) is 0 Å². The number of ketones is 1. The normalized spacial score (nSPS) is 10.2. The number of halogens is 1. The smallest absolute Gasteiger partial charge is 0.193 e. The van der Waals surface area contributed by atoms with Crippen LogP contribution in [0, 0.1) is 3.57 Å². The van der Waals surface area contributed by atoms with Crippen LogP contribution in [0.5, 0.6) is 0 Å². The molecule has 0 aliphatic rings. The van der Waals surface area contributed by atoms with Crippen LogP contribution in [0.3, 0.4) is 0 Å². The van der Waals surface area contributed by atoms with Gasteiger partial charge in [0.2, 0.25) is 0 Å². The third-order valence-electron chi connectivity index (χ3n) is 2.46. The maximum absolute atomic E-state index is 12.1. The van der Waals surface area contributed by atoms with Gasteiger partial charge in [-0.2, -0.15) is 0 Å². The third kappa shape index (κ3) is 3.10. The van der Waals surface area contributed by atoms with Crippen LogP contribution in [0.25, 0.3) is 0 Å². The van der Waals surface area contributed by atoms with Gasteiger partial charge in [-0.15, -0.1) is 11.8 Å². The summed E-state index contributed by atoms with van der Waals surface area (Å²) in [5.41, 5.74) is 1.48. The number of carbonyl (C=O) groups is 1. The molecule has 17 heavy (non-hydrogen) atoms. The largest absolute Gasteiger partial charge is 0.289 e. The molecule has 0 aromatic heterocycles. The maximum atomic E-state index is 12.1. The van der Waals surface area contributed by atoms with Gasteiger partial charge in [-0.05, 0) is 77.4 Å². The molecule has 1 nitrogen and oxygen atoms in total. The molecule has 0 heterocycles. The highest BCUT2D eigenvalue weighted by atomic mass is 127. The fourth-order valence-electron chi connectivity index (χ4n) is 1.51. The second-order valence-electron chi connectivity index (χ2n) is 3.56. The molecule has 0 aliphatic carbocycles. The second kappa shape index (κ2) is 5.69. The monoisotopic (exact) mass is 354 g/mol. The molecule has 0 N–H and O–H groups in total.